The Kier molecular flexibility index (Phi) is 11.4. The van der Waals surface area contributed by atoms with Crippen LogP contribution in [0.5, 0.6) is 0 Å². The zero-order valence-electron chi connectivity index (χ0n) is 44.4. The first kappa shape index (κ1) is 47.4. The minimum atomic E-state index is 0.593. The molecule has 0 aliphatic heterocycles. The van der Waals surface area contributed by atoms with Gasteiger partial charge in [-0.05, 0) is 109 Å². The Morgan fingerprint density at radius 1 is 0.256 bits per heavy atom. The summed E-state index contributed by atoms with van der Waals surface area (Å²) in [5.74, 6) is 1.79. The second-order valence-electron chi connectivity index (χ2n) is 21.1. The minimum absolute atomic E-state index is 0.593. The van der Waals surface area contributed by atoms with Crippen LogP contribution in [-0.2, 0) is 0 Å². The minimum Gasteiger partial charge on any atom is -0.308 e. The maximum absolute atomic E-state index is 5.42. The molecule has 0 radical (unpaired) electrons. The van der Waals surface area contributed by atoms with E-state index in [4.69, 9.17) is 15.0 Å². The van der Waals surface area contributed by atoms with E-state index in [-0.39, 0.29) is 0 Å². The van der Waals surface area contributed by atoms with Crippen molar-refractivity contribution in [3.63, 3.8) is 0 Å². The average Bonchev–Trinajstić information content (AvgIpc) is 4.32. The zero-order chi connectivity index (χ0) is 54.1. The molecule has 0 atom stereocenters. The van der Waals surface area contributed by atoms with E-state index in [0.717, 1.165) is 61.3 Å². The second-order valence-corrected chi connectivity index (χ2v) is 22.2. The van der Waals surface area contributed by atoms with Crippen LogP contribution in [0, 0.1) is 0 Å². The van der Waals surface area contributed by atoms with Crippen LogP contribution in [0.2, 0.25) is 0 Å². The van der Waals surface area contributed by atoms with Crippen LogP contribution in [0.3, 0.4) is 0 Å². The van der Waals surface area contributed by atoms with Crippen molar-refractivity contribution >= 4 is 74.9 Å². The van der Waals surface area contributed by atoms with Crippen molar-refractivity contribution in [3.05, 3.63) is 291 Å². The highest BCUT2D eigenvalue weighted by atomic mass is 32.1. The number of hydrogen-bond acceptors (Lipinski definition) is 4. The van der Waals surface area contributed by atoms with Crippen molar-refractivity contribution in [2.24, 2.45) is 0 Å². The molecule has 0 aliphatic carbocycles. The van der Waals surface area contributed by atoms with E-state index in [9.17, 15) is 0 Å². The molecule has 0 N–H and O–H groups in total. The maximum Gasteiger partial charge on any atom is 0.164 e. The molecule has 16 aromatic rings. The molecular weight excluding hydrogens is 1010 g/mol. The highest BCUT2D eigenvalue weighted by Gasteiger charge is 2.23. The SMILES string of the molecule is c1ccc(-c2ccc(-c3ccc(-c4nc(-c5ccc(-c6ccc(-c7ccccc7)cc6)cc5)nc(-c5ccc(-n6c7cc8ccccc8cc7c7ccc8ccccc8c76)c(-c6cccc7sc8ccccc8c67)c5)n4)cc3)cc2)cc1. The zero-order valence-corrected chi connectivity index (χ0v) is 45.2. The highest BCUT2D eigenvalue weighted by Crippen LogP contribution is 2.46. The van der Waals surface area contributed by atoms with Gasteiger partial charge in [0.05, 0.1) is 16.7 Å². The van der Waals surface area contributed by atoms with E-state index in [0.29, 0.717) is 17.5 Å². The van der Waals surface area contributed by atoms with Gasteiger partial charge in [-0.25, -0.2) is 15.0 Å². The maximum atomic E-state index is 5.42. The van der Waals surface area contributed by atoms with Crippen molar-refractivity contribution in [1.29, 1.82) is 0 Å². The van der Waals surface area contributed by atoms with Gasteiger partial charge < -0.3 is 4.57 Å². The number of nitrogens with zero attached hydrogens (tertiary/aromatic N) is 4. The Morgan fingerprint density at radius 3 is 1.27 bits per heavy atom. The van der Waals surface area contributed by atoms with Crippen LogP contribution in [0.1, 0.15) is 0 Å². The van der Waals surface area contributed by atoms with E-state index in [1.165, 1.54) is 80.3 Å². The third kappa shape index (κ3) is 8.25. The largest absolute Gasteiger partial charge is 0.308 e. The van der Waals surface area contributed by atoms with Gasteiger partial charge in [0.2, 0.25) is 0 Å². The molecular formula is C77H48N4S. The Balaban J connectivity index is 0.887. The van der Waals surface area contributed by atoms with Crippen molar-refractivity contribution in [3.8, 4) is 95.5 Å². The molecule has 5 heteroatoms. The molecule has 0 aliphatic rings. The predicted octanol–water partition coefficient (Wildman–Crippen LogP) is 21.0. The van der Waals surface area contributed by atoms with Crippen LogP contribution < -0.4 is 0 Å². The lowest BCUT2D eigenvalue weighted by Gasteiger charge is -2.18. The Morgan fingerprint density at radius 2 is 0.695 bits per heavy atom. The fraction of sp³-hybridized carbons (Fsp3) is 0. The molecule has 0 saturated heterocycles. The van der Waals surface area contributed by atoms with Gasteiger partial charge in [0.15, 0.2) is 17.5 Å². The van der Waals surface area contributed by atoms with E-state index in [1.54, 1.807) is 0 Å². The first-order valence-corrected chi connectivity index (χ1v) is 28.6. The van der Waals surface area contributed by atoms with Crippen molar-refractivity contribution in [1.82, 2.24) is 19.5 Å². The molecule has 4 nitrogen and oxygen atoms in total. The van der Waals surface area contributed by atoms with Gasteiger partial charge >= 0.3 is 0 Å². The average molecular weight is 1060 g/mol. The molecule has 0 bridgehead atoms. The van der Waals surface area contributed by atoms with Gasteiger partial charge in [-0.15, -0.1) is 11.3 Å². The quantitative estimate of drug-likeness (QED) is 0.145. The molecule has 3 aromatic heterocycles. The summed E-state index contributed by atoms with van der Waals surface area (Å²) in [6, 6.07) is 105. The number of thiophene rings is 1. The van der Waals surface area contributed by atoms with Gasteiger partial charge in [0.25, 0.3) is 0 Å². The van der Waals surface area contributed by atoms with Crippen LogP contribution in [0.25, 0.3) is 159 Å². The fourth-order valence-corrected chi connectivity index (χ4v) is 13.3. The Labute approximate surface area is 478 Å². The molecule has 0 fully saturated rings. The van der Waals surface area contributed by atoms with Crippen molar-refractivity contribution < 1.29 is 0 Å². The molecule has 382 valence electrons. The van der Waals surface area contributed by atoms with Gasteiger partial charge in [-0.2, -0.15) is 0 Å². The lowest BCUT2D eigenvalue weighted by Crippen LogP contribution is -2.02. The van der Waals surface area contributed by atoms with Gasteiger partial charge in [0.1, 0.15) is 0 Å². The first-order valence-electron chi connectivity index (χ1n) is 27.8. The molecule has 16 rings (SSSR count). The van der Waals surface area contributed by atoms with Crippen LogP contribution in [0.15, 0.2) is 291 Å². The molecule has 0 saturated carbocycles. The summed E-state index contributed by atoms with van der Waals surface area (Å²) in [5.41, 5.74) is 17.6. The monoisotopic (exact) mass is 1060 g/mol. The molecule has 82 heavy (non-hydrogen) atoms. The first-order chi connectivity index (χ1) is 40.6. The summed E-state index contributed by atoms with van der Waals surface area (Å²) in [7, 11) is 0. The lowest BCUT2D eigenvalue weighted by molar-refractivity contribution is 1.07. The lowest BCUT2D eigenvalue weighted by atomic mass is 9.95. The summed E-state index contributed by atoms with van der Waals surface area (Å²) in [5, 5.41) is 9.71. The van der Waals surface area contributed by atoms with Crippen molar-refractivity contribution in [2.75, 3.05) is 0 Å². The summed E-state index contributed by atoms with van der Waals surface area (Å²) in [4.78, 5) is 16.1. The standard InChI is InChI=1S/C77H48N4S/c1-3-14-49(15-4-1)51-26-30-53(31-27-51)55-34-38-58(39-35-55)75-78-76(59-40-36-56(37-41-59)54-32-28-52(29-33-54)50-16-5-2-6-17-50)80-77(79-75)62-43-45-69(67(47-62)64-23-13-25-72-73(64)66-22-11-12-24-71(66)82-72)81-70-48-61-20-8-7-19-60(61)46-68(70)65-44-42-57-18-9-10-21-63(57)74(65)81/h1-48H. The smallest absolute Gasteiger partial charge is 0.164 e. The topological polar surface area (TPSA) is 43.6 Å². The van der Waals surface area contributed by atoms with E-state index in [2.05, 4.69) is 296 Å². The number of aromatic nitrogens is 4. The van der Waals surface area contributed by atoms with Gasteiger partial charge in [-0.1, -0.05) is 249 Å². The molecule has 3 heterocycles. The highest BCUT2D eigenvalue weighted by molar-refractivity contribution is 7.26. The number of fused-ring (bicyclic) bond motifs is 9. The van der Waals surface area contributed by atoms with E-state index in [1.807, 2.05) is 11.3 Å². The third-order valence-electron chi connectivity index (χ3n) is 16.3. The summed E-state index contributed by atoms with van der Waals surface area (Å²) < 4.78 is 5.02. The number of rotatable bonds is 9. The fourth-order valence-electron chi connectivity index (χ4n) is 12.2. The van der Waals surface area contributed by atoms with Crippen LogP contribution in [0.4, 0.5) is 0 Å². The van der Waals surface area contributed by atoms with Crippen molar-refractivity contribution in [2.45, 2.75) is 0 Å². The van der Waals surface area contributed by atoms with E-state index >= 15 is 0 Å². The van der Waals surface area contributed by atoms with Gasteiger partial charge in [-0.3, -0.25) is 0 Å². The Hall–Kier alpha value is -10.6. The normalized spacial score (nSPS) is 11.7. The van der Waals surface area contributed by atoms with Gasteiger partial charge in [0, 0.05) is 58.6 Å². The molecule has 13 aromatic carbocycles. The second kappa shape index (κ2) is 19.6. The third-order valence-corrected chi connectivity index (χ3v) is 17.4. The van der Waals surface area contributed by atoms with E-state index < -0.39 is 0 Å². The summed E-state index contributed by atoms with van der Waals surface area (Å²) >= 11 is 1.84. The molecule has 0 unspecified atom stereocenters. The summed E-state index contributed by atoms with van der Waals surface area (Å²) in [6.45, 7) is 0. The predicted molar refractivity (Wildman–Crippen MR) is 346 cm³/mol. The Bertz CT molecular complexity index is 4960. The van der Waals surface area contributed by atoms with Crippen LogP contribution >= 0.6 is 11.3 Å². The van der Waals surface area contributed by atoms with Crippen LogP contribution in [-0.4, -0.2) is 19.5 Å². The molecule has 0 amide bonds. The number of hydrogen-bond donors (Lipinski definition) is 0. The molecule has 0 spiro atoms. The summed E-state index contributed by atoms with van der Waals surface area (Å²) in [6.07, 6.45) is 0. The number of benzene rings is 13.